The molecule has 2 aromatic rings. The molecule has 0 aliphatic heterocycles. The van der Waals surface area contributed by atoms with Crippen LogP contribution in [0.25, 0.3) is 0 Å². The van der Waals surface area contributed by atoms with Crippen molar-refractivity contribution in [3.05, 3.63) is 42.4 Å². The van der Waals surface area contributed by atoms with Gasteiger partial charge in [-0.2, -0.15) is 0 Å². The number of furan rings is 1. The zero-order valence-electron chi connectivity index (χ0n) is 11.7. The van der Waals surface area contributed by atoms with Gasteiger partial charge >= 0.3 is 0 Å². The maximum Gasteiger partial charge on any atom is 0.133 e. The Balaban J connectivity index is 1.85. The first kappa shape index (κ1) is 13.4. The molecule has 3 atom stereocenters. The highest BCUT2D eigenvalue weighted by Crippen LogP contribution is 2.26. The summed E-state index contributed by atoms with van der Waals surface area (Å²) in [5.41, 5.74) is 0. The summed E-state index contributed by atoms with van der Waals surface area (Å²) in [6.07, 6.45) is 9.19. The second-order valence-electron chi connectivity index (χ2n) is 5.47. The van der Waals surface area contributed by atoms with Gasteiger partial charge in [-0.05, 0) is 25.0 Å². The normalized spacial score (nSPS) is 24.7. The molecule has 5 nitrogen and oxygen atoms in total. The van der Waals surface area contributed by atoms with E-state index in [0.29, 0.717) is 0 Å². The minimum atomic E-state index is -0.290. The Morgan fingerprint density at radius 1 is 1.45 bits per heavy atom. The smallest absolute Gasteiger partial charge is 0.133 e. The molecule has 0 amide bonds. The van der Waals surface area contributed by atoms with Crippen molar-refractivity contribution in [2.75, 3.05) is 0 Å². The van der Waals surface area contributed by atoms with Gasteiger partial charge in [0.25, 0.3) is 0 Å². The standard InChI is InChI=1S/C15H21N3O2/c1-18-9-8-16-15(18)14(13-7-4-10-20-13)17-11-5-2-3-6-12(11)19/h4,7-12,14,17,19H,2-3,5-6H2,1H3. The Hall–Kier alpha value is -1.59. The van der Waals surface area contributed by atoms with Crippen molar-refractivity contribution in [1.29, 1.82) is 0 Å². The van der Waals surface area contributed by atoms with Crippen LogP contribution in [0.2, 0.25) is 0 Å². The number of aliphatic hydroxyl groups excluding tert-OH is 1. The fourth-order valence-electron chi connectivity index (χ4n) is 2.91. The highest BCUT2D eigenvalue weighted by Gasteiger charge is 2.29. The summed E-state index contributed by atoms with van der Waals surface area (Å²) in [6.45, 7) is 0. The third-order valence-corrected chi connectivity index (χ3v) is 4.05. The van der Waals surface area contributed by atoms with Crippen LogP contribution >= 0.6 is 0 Å². The third-order valence-electron chi connectivity index (χ3n) is 4.05. The van der Waals surface area contributed by atoms with E-state index in [-0.39, 0.29) is 18.2 Å². The molecule has 0 aromatic carbocycles. The first-order valence-corrected chi connectivity index (χ1v) is 7.20. The Morgan fingerprint density at radius 3 is 2.95 bits per heavy atom. The minimum Gasteiger partial charge on any atom is -0.467 e. The molecule has 3 unspecified atom stereocenters. The number of imidazole rings is 1. The van der Waals surface area contributed by atoms with Crippen LogP contribution in [-0.2, 0) is 7.05 Å². The Morgan fingerprint density at radius 2 is 2.30 bits per heavy atom. The molecule has 0 spiro atoms. The van der Waals surface area contributed by atoms with Gasteiger partial charge in [-0.25, -0.2) is 4.98 Å². The lowest BCUT2D eigenvalue weighted by Gasteiger charge is -2.31. The number of aromatic nitrogens is 2. The second kappa shape index (κ2) is 5.81. The molecule has 0 bridgehead atoms. The van der Waals surface area contributed by atoms with Crippen LogP contribution in [0.4, 0.5) is 0 Å². The lowest BCUT2D eigenvalue weighted by atomic mass is 9.92. The quantitative estimate of drug-likeness (QED) is 0.896. The first-order valence-electron chi connectivity index (χ1n) is 7.20. The van der Waals surface area contributed by atoms with Crippen molar-refractivity contribution >= 4 is 0 Å². The average molecular weight is 275 g/mol. The molecule has 20 heavy (non-hydrogen) atoms. The van der Waals surface area contributed by atoms with Gasteiger partial charge < -0.3 is 14.1 Å². The third kappa shape index (κ3) is 2.64. The van der Waals surface area contributed by atoms with Crippen LogP contribution < -0.4 is 5.32 Å². The highest BCUT2D eigenvalue weighted by atomic mass is 16.3. The lowest BCUT2D eigenvalue weighted by molar-refractivity contribution is 0.0851. The summed E-state index contributed by atoms with van der Waals surface area (Å²) in [5, 5.41) is 13.7. The first-order chi connectivity index (χ1) is 9.75. The van der Waals surface area contributed by atoms with E-state index in [2.05, 4.69) is 10.3 Å². The van der Waals surface area contributed by atoms with E-state index < -0.39 is 0 Å². The van der Waals surface area contributed by atoms with Crippen molar-refractivity contribution in [3.8, 4) is 0 Å². The molecule has 0 saturated heterocycles. The van der Waals surface area contributed by atoms with E-state index >= 15 is 0 Å². The summed E-state index contributed by atoms with van der Waals surface area (Å²) in [7, 11) is 1.97. The summed E-state index contributed by atoms with van der Waals surface area (Å²) < 4.78 is 7.54. The molecule has 1 aliphatic carbocycles. The number of nitrogens with one attached hydrogen (secondary N) is 1. The molecular weight excluding hydrogens is 254 g/mol. The van der Waals surface area contributed by atoms with Gasteiger partial charge in [0.05, 0.1) is 12.4 Å². The minimum absolute atomic E-state index is 0.0931. The van der Waals surface area contributed by atoms with Crippen LogP contribution in [0, 0.1) is 0 Å². The van der Waals surface area contributed by atoms with Crippen molar-refractivity contribution in [2.45, 2.75) is 43.9 Å². The predicted octanol–water partition coefficient (Wildman–Crippen LogP) is 2.00. The van der Waals surface area contributed by atoms with E-state index in [9.17, 15) is 5.11 Å². The SMILES string of the molecule is Cn1ccnc1C(NC1CCCCC1O)c1ccco1. The monoisotopic (exact) mass is 275 g/mol. The predicted molar refractivity (Wildman–Crippen MR) is 75.2 cm³/mol. The summed E-state index contributed by atoms with van der Waals surface area (Å²) in [4.78, 5) is 4.42. The average Bonchev–Trinajstić information content (AvgIpc) is 3.10. The number of aliphatic hydroxyl groups is 1. The zero-order chi connectivity index (χ0) is 13.9. The molecule has 1 saturated carbocycles. The van der Waals surface area contributed by atoms with Crippen LogP contribution in [0.3, 0.4) is 0 Å². The van der Waals surface area contributed by atoms with Gasteiger partial charge in [0.1, 0.15) is 17.6 Å². The Kier molecular flexibility index (Phi) is 3.89. The van der Waals surface area contributed by atoms with Crippen molar-refractivity contribution < 1.29 is 9.52 Å². The van der Waals surface area contributed by atoms with Crippen molar-refractivity contribution in [2.24, 2.45) is 7.05 Å². The fourth-order valence-corrected chi connectivity index (χ4v) is 2.91. The largest absolute Gasteiger partial charge is 0.467 e. The molecule has 1 fully saturated rings. The molecule has 0 radical (unpaired) electrons. The molecule has 2 heterocycles. The summed E-state index contributed by atoms with van der Waals surface area (Å²) in [5.74, 6) is 1.73. The molecular formula is C15H21N3O2. The number of rotatable bonds is 4. The topological polar surface area (TPSA) is 63.2 Å². The van der Waals surface area contributed by atoms with E-state index in [1.54, 1.807) is 12.5 Å². The van der Waals surface area contributed by atoms with Crippen LogP contribution in [0.5, 0.6) is 0 Å². The van der Waals surface area contributed by atoms with Gasteiger partial charge in [-0.3, -0.25) is 5.32 Å². The summed E-state index contributed by atoms with van der Waals surface area (Å²) >= 11 is 0. The number of aryl methyl sites for hydroxylation is 1. The molecule has 108 valence electrons. The van der Waals surface area contributed by atoms with Crippen molar-refractivity contribution in [1.82, 2.24) is 14.9 Å². The fraction of sp³-hybridized carbons (Fsp3) is 0.533. The van der Waals surface area contributed by atoms with E-state index in [4.69, 9.17) is 4.42 Å². The molecule has 2 N–H and O–H groups in total. The number of nitrogens with zero attached hydrogens (tertiary/aromatic N) is 2. The maximum absolute atomic E-state index is 10.2. The molecule has 2 aromatic heterocycles. The zero-order valence-corrected chi connectivity index (χ0v) is 11.7. The number of hydrogen-bond acceptors (Lipinski definition) is 4. The molecule has 3 rings (SSSR count). The number of hydrogen-bond donors (Lipinski definition) is 2. The van der Waals surface area contributed by atoms with Crippen molar-refractivity contribution in [3.63, 3.8) is 0 Å². The lowest BCUT2D eigenvalue weighted by Crippen LogP contribution is -2.44. The Labute approximate surface area is 118 Å². The molecule has 5 heteroatoms. The Bertz CT molecular complexity index is 535. The van der Waals surface area contributed by atoms with Gasteiger partial charge in [0.2, 0.25) is 0 Å². The second-order valence-corrected chi connectivity index (χ2v) is 5.47. The van der Waals surface area contributed by atoms with Crippen LogP contribution in [-0.4, -0.2) is 26.8 Å². The van der Waals surface area contributed by atoms with Crippen LogP contribution in [0.1, 0.15) is 43.3 Å². The summed E-state index contributed by atoms with van der Waals surface area (Å²) in [6, 6.07) is 3.80. The highest BCUT2D eigenvalue weighted by molar-refractivity contribution is 5.16. The van der Waals surface area contributed by atoms with Gasteiger partial charge in [-0.15, -0.1) is 0 Å². The van der Waals surface area contributed by atoms with E-state index in [1.807, 2.05) is 29.9 Å². The van der Waals surface area contributed by atoms with E-state index in [1.165, 1.54) is 0 Å². The maximum atomic E-state index is 10.2. The molecule has 1 aliphatic rings. The van der Waals surface area contributed by atoms with Gasteiger partial charge in [0.15, 0.2) is 0 Å². The van der Waals surface area contributed by atoms with E-state index in [0.717, 1.165) is 37.3 Å². The van der Waals surface area contributed by atoms with Crippen LogP contribution in [0.15, 0.2) is 35.2 Å². The van der Waals surface area contributed by atoms with Gasteiger partial charge in [-0.1, -0.05) is 12.8 Å². The van der Waals surface area contributed by atoms with Gasteiger partial charge in [0, 0.05) is 25.5 Å².